The minimum atomic E-state index is -3.49. The van der Waals surface area contributed by atoms with E-state index >= 15 is 0 Å². The number of halogens is 1. The summed E-state index contributed by atoms with van der Waals surface area (Å²) in [4.78, 5) is 0. The molecule has 0 radical (unpaired) electrons. The highest BCUT2D eigenvalue weighted by Crippen LogP contribution is 2.16. The van der Waals surface area contributed by atoms with Crippen LogP contribution in [0.25, 0.3) is 0 Å². The first kappa shape index (κ1) is 12.6. The molecule has 0 aromatic heterocycles. The Hall–Kier alpha value is -0.820. The molecule has 0 atom stereocenters. The molecule has 7 heteroatoms. The smallest absolute Gasteiger partial charge is 0.301 e. The van der Waals surface area contributed by atoms with E-state index in [1.807, 2.05) is 0 Å². The Kier molecular flexibility index (Phi) is 3.88. The van der Waals surface area contributed by atoms with Crippen molar-refractivity contribution in [3.8, 4) is 0 Å². The van der Waals surface area contributed by atoms with Crippen molar-refractivity contribution in [1.29, 1.82) is 0 Å². The van der Waals surface area contributed by atoms with Gasteiger partial charge in [-0.25, -0.2) is 0 Å². The minimum Gasteiger partial charge on any atom is -0.379 e. The first-order chi connectivity index (χ1) is 8.08. The molecule has 1 aromatic rings. The Bertz CT molecular complexity index is 469. The zero-order chi connectivity index (χ0) is 12.3. The second-order valence-electron chi connectivity index (χ2n) is 3.63. The molecule has 1 aliphatic rings. The molecule has 0 bridgehead atoms. The van der Waals surface area contributed by atoms with Crippen LogP contribution in [0.15, 0.2) is 24.3 Å². The molecule has 1 aromatic carbocycles. The summed E-state index contributed by atoms with van der Waals surface area (Å²) in [6.45, 7) is 1.62. The van der Waals surface area contributed by atoms with Gasteiger partial charge in [0.05, 0.1) is 13.2 Å². The maximum Gasteiger partial charge on any atom is 0.301 e. The molecule has 94 valence electrons. The molecular weight excluding hydrogens is 264 g/mol. The SMILES string of the molecule is O=S(=O)(Nc1ccc(Cl)cc1)N1CCOCC1. The lowest BCUT2D eigenvalue weighted by molar-refractivity contribution is 0.0733. The van der Waals surface area contributed by atoms with Crippen molar-refractivity contribution in [1.82, 2.24) is 4.31 Å². The Balaban J connectivity index is 2.08. The van der Waals surface area contributed by atoms with Crippen molar-refractivity contribution in [2.45, 2.75) is 0 Å². The van der Waals surface area contributed by atoms with Gasteiger partial charge in [-0.05, 0) is 24.3 Å². The van der Waals surface area contributed by atoms with Crippen molar-refractivity contribution < 1.29 is 13.2 Å². The molecule has 0 unspecified atom stereocenters. The minimum absolute atomic E-state index is 0.378. The van der Waals surface area contributed by atoms with Gasteiger partial charge in [0.25, 0.3) is 0 Å². The number of anilines is 1. The fourth-order valence-corrected chi connectivity index (χ4v) is 2.84. The molecule has 0 aliphatic carbocycles. The van der Waals surface area contributed by atoms with Gasteiger partial charge in [0.1, 0.15) is 0 Å². The van der Waals surface area contributed by atoms with E-state index < -0.39 is 10.2 Å². The highest BCUT2D eigenvalue weighted by Gasteiger charge is 2.23. The van der Waals surface area contributed by atoms with Crippen LogP contribution >= 0.6 is 11.6 Å². The van der Waals surface area contributed by atoms with E-state index in [9.17, 15) is 8.42 Å². The third-order valence-electron chi connectivity index (χ3n) is 2.40. The predicted octanol–water partition coefficient (Wildman–Crippen LogP) is 1.33. The number of hydrogen-bond acceptors (Lipinski definition) is 3. The van der Waals surface area contributed by atoms with Crippen LogP contribution in [0.4, 0.5) is 5.69 Å². The van der Waals surface area contributed by atoms with E-state index in [1.54, 1.807) is 24.3 Å². The van der Waals surface area contributed by atoms with Crippen LogP contribution in [-0.2, 0) is 14.9 Å². The average Bonchev–Trinajstić information content (AvgIpc) is 2.33. The highest BCUT2D eigenvalue weighted by atomic mass is 35.5. The van der Waals surface area contributed by atoms with Crippen molar-refractivity contribution >= 4 is 27.5 Å². The van der Waals surface area contributed by atoms with Crippen LogP contribution in [0.3, 0.4) is 0 Å². The van der Waals surface area contributed by atoms with Crippen LogP contribution in [0.5, 0.6) is 0 Å². The van der Waals surface area contributed by atoms with Gasteiger partial charge in [0.15, 0.2) is 0 Å². The summed E-state index contributed by atoms with van der Waals surface area (Å²) in [6, 6.07) is 6.53. The summed E-state index contributed by atoms with van der Waals surface area (Å²) in [6.07, 6.45) is 0. The van der Waals surface area contributed by atoms with Crippen LogP contribution in [0.2, 0.25) is 5.02 Å². The van der Waals surface area contributed by atoms with Gasteiger partial charge < -0.3 is 4.74 Å². The third kappa shape index (κ3) is 3.32. The zero-order valence-corrected chi connectivity index (χ0v) is 10.7. The molecule has 17 heavy (non-hydrogen) atoms. The van der Waals surface area contributed by atoms with Crippen LogP contribution in [0.1, 0.15) is 0 Å². The van der Waals surface area contributed by atoms with Crippen LogP contribution in [0, 0.1) is 0 Å². The standard InChI is InChI=1S/C10H13ClN2O3S/c11-9-1-3-10(4-2-9)12-17(14,15)13-5-7-16-8-6-13/h1-4,12H,5-8H2. The third-order valence-corrected chi connectivity index (χ3v) is 4.19. The lowest BCUT2D eigenvalue weighted by Crippen LogP contribution is -2.43. The van der Waals surface area contributed by atoms with Crippen LogP contribution < -0.4 is 4.72 Å². The van der Waals surface area contributed by atoms with Gasteiger partial charge in [-0.2, -0.15) is 12.7 Å². The first-order valence-electron chi connectivity index (χ1n) is 5.19. The summed E-state index contributed by atoms with van der Waals surface area (Å²) in [7, 11) is -3.49. The fraction of sp³-hybridized carbons (Fsp3) is 0.400. The molecule has 1 heterocycles. The van der Waals surface area contributed by atoms with Gasteiger partial charge >= 0.3 is 10.2 Å². The summed E-state index contributed by atoms with van der Waals surface area (Å²) in [5, 5.41) is 0.569. The van der Waals surface area contributed by atoms with Gasteiger partial charge in [-0.1, -0.05) is 11.6 Å². The van der Waals surface area contributed by atoms with E-state index in [0.717, 1.165) is 0 Å². The Morgan fingerprint density at radius 1 is 1.18 bits per heavy atom. The van der Waals surface area contributed by atoms with Gasteiger partial charge in [0, 0.05) is 23.8 Å². The maximum atomic E-state index is 12.0. The molecule has 1 fully saturated rings. The van der Waals surface area contributed by atoms with Crippen LogP contribution in [-0.4, -0.2) is 39.0 Å². The summed E-state index contributed by atoms with van der Waals surface area (Å²) in [5.41, 5.74) is 0.501. The largest absolute Gasteiger partial charge is 0.379 e. The maximum absolute atomic E-state index is 12.0. The molecule has 0 amide bonds. The fourth-order valence-electron chi connectivity index (χ4n) is 1.52. The number of rotatable bonds is 3. The molecule has 0 spiro atoms. The monoisotopic (exact) mass is 276 g/mol. The molecule has 0 saturated carbocycles. The van der Waals surface area contributed by atoms with E-state index in [1.165, 1.54) is 4.31 Å². The Labute approximate surface area is 106 Å². The lowest BCUT2D eigenvalue weighted by atomic mass is 10.3. The second-order valence-corrected chi connectivity index (χ2v) is 5.73. The first-order valence-corrected chi connectivity index (χ1v) is 7.01. The van der Waals surface area contributed by atoms with Crippen molar-refractivity contribution in [2.24, 2.45) is 0 Å². The molecule has 5 nitrogen and oxygen atoms in total. The number of hydrogen-bond donors (Lipinski definition) is 1. The molecule has 2 rings (SSSR count). The van der Waals surface area contributed by atoms with Crippen molar-refractivity contribution in [3.05, 3.63) is 29.3 Å². The average molecular weight is 277 g/mol. The number of nitrogens with one attached hydrogen (secondary N) is 1. The van der Waals surface area contributed by atoms with E-state index in [4.69, 9.17) is 16.3 Å². The molecule has 1 saturated heterocycles. The normalized spacial score (nSPS) is 17.9. The quantitative estimate of drug-likeness (QED) is 0.906. The second kappa shape index (κ2) is 5.22. The molecular formula is C10H13ClN2O3S. The number of ether oxygens (including phenoxy) is 1. The molecule has 1 N–H and O–H groups in total. The predicted molar refractivity (Wildman–Crippen MR) is 66.4 cm³/mol. The zero-order valence-electron chi connectivity index (χ0n) is 9.10. The van der Waals surface area contributed by atoms with E-state index in [2.05, 4.69) is 4.72 Å². The summed E-state index contributed by atoms with van der Waals surface area (Å²) in [5.74, 6) is 0. The number of nitrogens with zero attached hydrogens (tertiary/aromatic N) is 1. The van der Waals surface area contributed by atoms with E-state index in [-0.39, 0.29) is 0 Å². The van der Waals surface area contributed by atoms with Crippen molar-refractivity contribution in [2.75, 3.05) is 31.0 Å². The number of benzene rings is 1. The van der Waals surface area contributed by atoms with Gasteiger partial charge in [0.2, 0.25) is 0 Å². The highest BCUT2D eigenvalue weighted by molar-refractivity contribution is 7.90. The van der Waals surface area contributed by atoms with Gasteiger partial charge in [-0.3, -0.25) is 4.72 Å². The summed E-state index contributed by atoms with van der Waals surface area (Å²) < 4.78 is 32.9. The Morgan fingerprint density at radius 3 is 2.35 bits per heavy atom. The van der Waals surface area contributed by atoms with E-state index in [0.29, 0.717) is 37.0 Å². The Morgan fingerprint density at radius 2 is 1.76 bits per heavy atom. The lowest BCUT2D eigenvalue weighted by Gasteiger charge is -2.26. The van der Waals surface area contributed by atoms with Gasteiger partial charge in [-0.15, -0.1) is 0 Å². The van der Waals surface area contributed by atoms with Crippen molar-refractivity contribution in [3.63, 3.8) is 0 Å². The topological polar surface area (TPSA) is 58.6 Å². The molecule has 1 aliphatic heterocycles. The number of morpholine rings is 1. The summed E-state index contributed by atoms with van der Waals surface area (Å²) >= 11 is 5.73.